The second kappa shape index (κ2) is 4.26. The van der Waals surface area contributed by atoms with Crippen molar-refractivity contribution >= 4 is 11.6 Å². The van der Waals surface area contributed by atoms with Gasteiger partial charge in [0.05, 0.1) is 0 Å². The van der Waals surface area contributed by atoms with Gasteiger partial charge in [0.2, 0.25) is 5.91 Å². The Hall–Kier alpha value is -1.35. The highest BCUT2D eigenvalue weighted by molar-refractivity contribution is 5.96. The quantitative estimate of drug-likeness (QED) is 0.794. The lowest BCUT2D eigenvalue weighted by Crippen LogP contribution is -2.32. The summed E-state index contributed by atoms with van der Waals surface area (Å²) in [4.78, 5) is 11.8. The molecule has 3 heteroatoms. The maximum atomic E-state index is 11.8. The molecular formula is C13H18N2O. The number of benzene rings is 1. The topological polar surface area (TPSA) is 55.1 Å². The summed E-state index contributed by atoms with van der Waals surface area (Å²) in [5.41, 5.74) is 10.2. The fraction of sp³-hybridized carbons (Fsp3) is 0.462. The van der Waals surface area contributed by atoms with Gasteiger partial charge in [-0.25, -0.2) is 0 Å². The highest BCUT2D eigenvalue weighted by Gasteiger charge is 2.26. The molecule has 16 heavy (non-hydrogen) atoms. The van der Waals surface area contributed by atoms with E-state index in [0.29, 0.717) is 6.54 Å². The Morgan fingerprint density at radius 3 is 2.88 bits per heavy atom. The van der Waals surface area contributed by atoms with E-state index in [1.165, 1.54) is 11.1 Å². The summed E-state index contributed by atoms with van der Waals surface area (Å²) >= 11 is 0. The van der Waals surface area contributed by atoms with Gasteiger partial charge in [-0.1, -0.05) is 17.7 Å². The van der Waals surface area contributed by atoms with Crippen molar-refractivity contribution in [3.63, 3.8) is 0 Å². The van der Waals surface area contributed by atoms with E-state index in [1.807, 2.05) is 6.92 Å². The van der Waals surface area contributed by atoms with Crippen molar-refractivity contribution in [1.29, 1.82) is 0 Å². The summed E-state index contributed by atoms with van der Waals surface area (Å²) in [6.07, 6.45) is 1.58. The third-order valence-electron chi connectivity index (χ3n) is 3.16. The number of hydrogen-bond acceptors (Lipinski definition) is 2. The minimum Gasteiger partial charge on any atom is -0.330 e. The first-order valence-electron chi connectivity index (χ1n) is 5.73. The third kappa shape index (κ3) is 1.95. The Bertz CT molecular complexity index is 426. The van der Waals surface area contributed by atoms with Crippen LogP contribution in [0.2, 0.25) is 0 Å². The highest BCUT2D eigenvalue weighted by Crippen LogP contribution is 2.30. The number of rotatable bonds is 2. The Balaban J connectivity index is 2.35. The molecule has 1 aliphatic rings. The molecule has 0 fully saturated rings. The first-order chi connectivity index (χ1) is 7.61. The summed E-state index contributed by atoms with van der Waals surface area (Å²) < 4.78 is 0. The summed E-state index contributed by atoms with van der Waals surface area (Å²) in [5, 5.41) is 3.00. The molecule has 1 aliphatic heterocycles. The molecule has 0 aliphatic carbocycles. The molecule has 0 aromatic heterocycles. The minimum absolute atomic E-state index is 0.0405. The van der Waals surface area contributed by atoms with Crippen LogP contribution in [0, 0.1) is 19.8 Å². The maximum absolute atomic E-state index is 11.8. The third-order valence-corrected chi connectivity index (χ3v) is 3.16. The van der Waals surface area contributed by atoms with Gasteiger partial charge in [0.25, 0.3) is 0 Å². The zero-order valence-corrected chi connectivity index (χ0v) is 9.84. The number of aryl methyl sites for hydroxylation is 2. The fourth-order valence-corrected chi connectivity index (χ4v) is 2.41. The summed E-state index contributed by atoms with van der Waals surface area (Å²) in [6.45, 7) is 4.69. The van der Waals surface area contributed by atoms with Crippen molar-refractivity contribution in [3.05, 3.63) is 28.8 Å². The van der Waals surface area contributed by atoms with Gasteiger partial charge in [-0.3, -0.25) is 4.79 Å². The van der Waals surface area contributed by atoms with Crippen LogP contribution in [0.1, 0.15) is 23.1 Å². The molecule has 1 unspecified atom stereocenters. The molecule has 0 saturated heterocycles. The Morgan fingerprint density at radius 1 is 1.44 bits per heavy atom. The van der Waals surface area contributed by atoms with E-state index in [0.717, 1.165) is 24.1 Å². The molecule has 1 heterocycles. The number of amides is 1. The SMILES string of the molecule is Cc1cc(C)c2c(c1)CC(CCN)C(=O)N2. The first kappa shape index (κ1) is 11.1. The van der Waals surface area contributed by atoms with Gasteiger partial charge in [0, 0.05) is 11.6 Å². The predicted molar refractivity (Wildman–Crippen MR) is 65.4 cm³/mol. The molecule has 3 nitrogen and oxygen atoms in total. The molecule has 0 radical (unpaired) electrons. The van der Waals surface area contributed by atoms with Crippen molar-refractivity contribution in [2.24, 2.45) is 11.7 Å². The number of anilines is 1. The second-order valence-electron chi connectivity index (χ2n) is 4.58. The molecule has 0 bridgehead atoms. The normalized spacial score (nSPS) is 19.2. The lowest BCUT2D eigenvalue weighted by atomic mass is 9.88. The molecule has 1 aromatic carbocycles. The van der Waals surface area contributed by atoms with Crippen LogP contribution >= 0.6 is 0 Å². The van der Waals surface area contributed by atoms with Gasteiger partial charge in [-0.2, -0.15) is 0 Å². The molecule has 1 amide bonds. The Labute approximate surface area is 96.0 Å². The van der Waals surface area contributed by atoms with Crippen LogP contribution in [-0.4, -0.2) is 12.5 Å². The molecule has 1 atom stereocenters. The first-order valence-corrected chi connectivity index (χ1v) is 5.73. The number of nitrogens with two attached hydrogens (primary N) is 1. The van der Waals surface area contributed by atoms with E-state index in [9.17, 15) is 4.79 Å². The second-order valence-corrected chi connectivity index (χ2v) is 4.58. The molecule has 2 rings (SSSR count). The fourth-order valence-electron chi connectivity index (χ4n) is 2.41. The summed E-state index contributed by atoms with van der Waals surface area (Å²) in [6, 6.07) is 4.26. The van der Waals surface area contributed by atoms with Gasteiger partial charge in [-0.15, -0.1) is 0 Å². The maximum Gasteiger partial charge on any atom is 0.227 e. The van der Waals surface area contributed by atoms with Crippen LogP contribution in [0.25, 0.3) is 0 Å². The van der Waals surface area contributed by atoms with Crippen LogP contribution in [0.3, 0.4) is 0 Å². The van der Waals surface area contributed by atoms with E-state index in [2.05, 4.69) is 24.4 Å². The molecule has 86 valence electrons. The van der Waals surface area contributed by atoms with E-state index in [1.54, 1.807) is 0 Å². The molecular weight excluding hydrogens is 200 g/mol. The van der Waals surface area contributed by atoms with Crippen molar-refractivity contribution in [3.8, 4) is 0 Å². The largest absolute Gasteiger partial charge is 0.330 e. The van der Waals surface area contributed by atoms with Gasteiger partial charge >= 0.3 is 0 Å². The number of fused-ring (bicyclic) bond motifs is 1. The number of hydrogen-bond donors (Lipinski definition) is 2. The number of carbonyl (C=O) groups excluding carboxylic acids is 1. The highest BCUT2D eigenvalue weighted by atomic mass is 16.1. The standard InChI is InChI=1S/C13H18N2O/c1-8-5-9(2)12-11(6-8)7-10(3-4-14)13(16)15-12/h5-6,10H,3-4,7,14H2,1-2H3,(H,15,16). The number of carbonyl (C=O) groups is 1. The van der Waals surface area contributed by atoms with E-state index < -0.39 is 0 Å². The average Bonchev–Trinajstić information content (AvgIpc) is 2.21. The Kier molecular flexibility index (Phi) is 2.97. The van der Waals surface area contributed by atoms with Gasteiger partial charge < -0.3 is 11.1 Å². The average molecular weight is 218 g/mol. The summed E-state index contributed by atoms with van der Waals surface area (Å²) in [5.74, 6) is 0.156. The monoisotopic (exact) mass is 218 g/mol. The van der Waals surface area contributed by atoms with Crippen molar-refractivity contribution in [2.75, 3.05) is 11.9 Å². The van der Waals surface area contributed by atoms with Crippen molar-refractivity contribution in [1.82, 2.24) is 0 Å². The molecule has 0 spiro atoms. The zero-order chi connectivity index (χ0) is 11.7. The van der Waals surface area contributed by atoms with Gasteiger partial charge in [0.15, 0.2) is 0 Å². The van der Waals surface area contributed by atoms with Crippen LogP contribution < -0.4 is 11.1 Å². The van der Waals surface area contributed by atoms with E-state index in [-0.39, 0.29) is 11.8 Å². The summed E-state index contributed by atoms with van der Waals surface area (Å²) in [7, 11) is 0. The molecule has 0 saturated carbocycles. The molecule has 1 aromatic rings. The lowest BCUT2D eigenvalue weighted by molar-refractivity contribution is -0.120. The smallest absolute Gasteiger partial charge is 0.227 e. The van der Waals surface area contributed by atoms with E-state index >= 15 is 0 Å². The lowest BCUT2D eigenvalue weighted by Gasteiger charge is -2.26. The molecule has 3 N–H and O–H groups in total. The van der Waals surface area contributed by atoms with Crippen LogP contribution in [0.4, 0.5) is 5.69 Å². The van der Waals surface area contributed by atoms with Crippen molar-refractivity contribution in [2.45, 2.75) is 26.7 Å². The predicted octanol–water partition coefficient (Wildman–Crippen LogP) is 1.76. The van der Waals surface area contributed by atoms with Gasteiger partial charge in [-0.05, 0) is 44.4 Å². The van der Waals surface area contributed by atoms with E-state index in [4.69, 9.17) is 5.73 Å². The zero-order valence-electron chi connectivity index (χ0n) is 9.84. The van der Waals surface area contributed by atoms with Crippen molar-refractivity contribution < 1.29 is 4.79 Å². The van der Waals surface area contributed by atoms with Crippen LogP contribution in [-0.2, 0) is 11.2 Å². The number of nitrogens with one attached hydrogen (secondary N) is 1. The van der Waals surface area contributed by atoms with Crippen LogP contribution in [0.15, 0.2) is 12.1 Å². The van der Waals surface area contributed by atoms with Crippen LogP contribution in [0.5, 0.6) is 0 Å². The Morgan fingerprint density at radius 2 is 2.19 bits per heavy atom. The minimum atomic E-state index is 0.0405. The van der Waals surface area contributed by atoms with Gasteiger partial charge in [0.1, 0.15) is 0 Å².